The van der Waals surface area contributed by atoms with Crippen molar-refractivity contribution in [3.8, 4) is 5.75 Å². The number of esters is 1. The van der Waals surface area contributed by atoms with Gasteiger partial charge in [-0.2, -0.15) is 0 Å². The number of phenols is 1. The van der Waals surface area contributed by atoms with Crippen molar-refractivity contribution in [3.05, 3.63) is 60.4 Å². The Bertz CT molecular complexity index is 860. The highest BCUT2D eigenvalue weighted by atomic mass is 16.5. The van der Waals surface area contributed by atoms with Crippen LogP contribution in [0.4, 0.5) is 5.82 Å². The number of benzene rings is 2. The molecule has 0 saturated carbocycles. The van der Waals surface area contributed by atoms with E-state index in [1.807, 2.05) is 24.3 Å². The van der Waals surface area contributed by atoms with Gasteiger partial charge in [0.1, 0.15) is 17.9 Å². The van der Waals surface area contributed by atoms with Gasteiger partial charge in [0.25, 0.3) is 0 Å². The highest BCUT2D eigenvalue weighted by Gasteiger charge is 2.20. The zero-order valence-corrected chi connectivity index (χ0v) is 13.8. The van der Waals surface area contributed by atoms with Crippen LogP contribution in [0.1, 0.15) is 5.56 Å². The third-order valence-corrected chi connectivity index (χ3v) is 4.01. The summed E-state index contributed by atoms with van der Waals surface area (Å²) in [5.41, 5.74) is 1.79. The molecule has 0 radical (unpaired) electrons. The summed E-state index contributed by atoms with van der Waals surface area (Å²) in [6.45, 7) is 0.383. The van der Waals surface area contributed by atoms with E-state index in [0.717, 1.165) is 16.5 Å². The average molecular weight is 337 g/mol. The number of nitrogens with one attached hydrogen (secondary N) is 1. The highest BCUT2D eigenvalue weighted by molar-refractivity contribution is 5.88. The summed E-state index contributed by atoms with van der Waals surface area (Å²) in [6, 6.07) is 14.5. The second-order valence-electron chi connectivity index (χ2n) is 5.71. The fourth-order valence-corrected chi connectivity index (χ4v) is 2.69. The number of hydrogen-bond acceptors (Lipinski definition) is 6. The van der Waals surface area contributed by atoms with E-state index >= 15 is 0 Å². The molecule has 3 rings (SSSR count). The minimum Gasteiger partial charge on any atom is -0.508 e. The molecule has 0 bridgehead atoms. The van der Waals surface area contributed by atoms with E-state index in [1.165, 1.54) is 13.4 Å². The number of ether oxygens (including phenoxy) is 1. The molecule has 128 valence electrons. The van der Waals surface area contributed by atoms with Crippen molar-refractivity contribution in [3.63, 3.8) is 0 Å². The number of carbonyl (C=O) groups excluding carboxylic acids is 1. The fourth-order valence-electron chi connectivity index (χ4n) is 2.69. The molecule has 1 atom stereocenters. The molecule has 1 aromatic heterocycles. The summed E-state index contributed by atoms with van der Waals surface area (Å²) < 4.78 is 4.92. The average Bonchev–Trinajstić information content (AvgIpc) is 2.66. The standard InChI is InChI=1S/C19H19N3O3/c1-25-19(24)14(10-13-6-8-15(23)9-7-13)11-20-18-16-4-2-3-5-17(16)21-12-22-18/h2-9,12,14,23H,10-11H2,1H3,(H,20,21,22). The molecule has 0 aliphatic heterocycles. The molecule has 6 heteroatoms. The lowest BCUT2D eigenvalue weighted by Gasteiger charge is -2.16. The Morgan fingerprint density at radius 3 is 2.68 bits per heavy atom. The minimum absolute atomic E-state index is 0.198. The van der Waals surface area contributed by atoms with Crippen LogP contribution in [0, 0.1) is 5.92 Å². The van der Waals surface area contributed by atoms with Crippen molar-refractivity contribution in [1.82, 2.24) is 9.97 Å². The topological polar surface area (TPSA) is 84.3 Å². The van der Waals surface area contributed by atoms with E-state index in [1.54, 1.807) is 24.3 Å². The summed E-state index contributed by atoms with van der Waals surface area (Å²) in [5.74, 6) is 0.219. The maximum absolute atomic E-state index is 12.1. The predicted octanol–water partition coefficient (Wildman–Crippen LogP) is 2.78. The Morgan fingerprint density at radius 2 is 1.92 bits per heavy atom. The molecular weight excluding hydrogens is 318 g/mol. The van der Waals surface area contributed by atoms with Crippen molar-refractivity contribution in [2.24, 2.45) is 5.92 Å². The van der Waals surface area contributed by atoms with Gasteiger partial charge in [-0.05, 0) is 36.2 Å². The van der Waals surface area contributed by atoms with Gasteiger partial charge in [0.05, 0.1) is 18.5 Å². The third-order valence-electron chi connectivity index (χ3n) is 4.01. The molecule has 0 amide bonds. The zero-order valence-electron chi connectivity index (χ0n) is 13.8. The Morgan fingerprint density at radius 1 is 1.16 bits per heavy atom. The molecule has 2 aromatic carbocycles. The molecule has 0 aliphatic rings. The largest absolute Gasteiger partial charge is 0.508 e. The molecule has 25 heavy (non-hydrogen) atoms. The molecule has 0 fully saturated rings. The lowest BCUT2D eigenvalue weighted by atomic mass is 9.99. The molecule has 2 N–H and O–H groups in total. The summed E-state index contributed by atoms with van der Waals surface area (Å²) in [6.07, 6.45) is 2.00. The zero-order chi connectivity index (χ0) is 17.6. The lowest BCUT2D eigenvalue weighted by Crippen LogP contribution is -2.26. The Balaban J connectivity index is 1.76. The Kier molecular flexibility index (Phi) is 5.09. The van der Waals surface area contributed by atoms with Gasteiger partial charge in [-0.1, -0.05) is 24.3 Å². The maximum atomic E-state index is 12.1. The van der Waals surface area contributed by atoms with Crippen molar-refractivity contribution >= 4 is 22.7 Å². The normalized spacial score (nSPS) is 11.9. The molecular formula is C19H19N3O3. The van der Waals surface area contributed by atoms with E-state index < -0.39 is 0 Å². The van der Waals surface area contributed by atoms with Crippen molar-refractivity contribution in [2.45, 2.75) is 6.42 Å². The van der Waals surface area contributed by atoms with Crippen LogP contribution in [0.25, 0.3) is 10.9 Å². The van der Waals surface area contributed by atoms with Crippen molar-refractivity contribution in [2.75, 3.05) is 19.0 Å². The van der Waals surface area contributed by atoms with E-state index in [-0.39, 0.29) is 17.6 Å². The predicted molar refractivity (Wildman–Crippen MR) is 95.3 cm³/mol. The summed E-state index contributed by atoms with van der Waals surface area (Å²) in [5, 5.41) is 13.5. The maximum Gasteiger partial charge on any atom is 0.310 e. The highest BCUT2D eigenvalue weighted by Crippen LogP contribution is 2.20. The second-order valence-corrected chi connectivity index (χ2v) is 5.71. The first-order valence-electron chi connectivity index (χ1n) is 7.96. The molecule has 1 heterocycles. The molecule has 1 unspecified atom stereocenters. The van der Waals surface area contributed by atoms with Crippen LogP contribution in [0.15, 0.2) is 54.9 Å². The van der Waals surface area contributed by atoms with Gasteiger partial charge < -0.3 is 15.2 Å². The molecule has 3 aromatic rings. The molecule has 0 saturated heterocycles. The van der Waals surface area contributed by atoms with Gasteiger partial charge in [-0.25, -0.2) is 9.97 Å². The lowest BCUT2D eigenvalue weighted by molar-refractivity contribution is -0.144. The number of methoxy groups -OCH3 is 1. The number of anilines is 1. The van der Waals surface area contributed by atoms with Gasteiger partial charge in [-0.3, -0.25) is 4.79 Å². The van der Waals surface area contributed by atoms with Gasteiger partial charge in [0.2, 0.25) is 0 Å². The number of nitrogens with zero attached hydrogens (tertiary/aromatic N) is 2. The Labute approximate surface area is 145 Å². The minimum atomic E-state index is -0.372. The van der Waals surface area contributed by atoms with Crippen LogP contribution in [0.2, 0.25) is 0 Å². The SMILES string of the molecule is COC(=O)C(CNc1ncnc2ccccc12)Cc1ccc(O)cc1. The van der Waals surface area contributed by atoms with Crippen LogP contribution in [-0.2, 0) is 16.0 Å². The van der Waals surface area contributed by atoms with Crippen LogP contribution in [-0.4, -0.2) is 34.7 Å². The van der Waals surface area contributed by atoms with Crippen LogP contribution in [0.5, 0.6) is 5.75 Å². The smallest absolute Gasteiger partial charge is 0.310 e. The van der Waals surface area contributed by atoms with E-state index in [2.05, 4.69) is 15.3 Å². The van der Waals surface area contributed by atoms with Crippen LogP contribution >= 0.6 is 0 Å². The molecule has 0 spiro atoms. The second kappa shape index (κ2) is 7.61. The number of phenolic OH excluding ortho intramolecular Hbond substituents is 1. The van der Waals surface area contributed by atoms with Gasteiger partial charge in [-0.15, -0.1) is 0 Å². The fraction of sp³-hybridized carbons (Fsp3) is 0.211. The first-order valence-corrected chi connectivity index (χ1v) is 7.96. The van der Waals surface area contributed by atoms with Gasteiger partial charge >= 0.3 is 5.97 Å². The number of aromatic nitrogens is 2. The number of para-hydroxylation sites is 1. The number of fused-ring (bicyclic) bond motifs is 1. The van der Waals surface area contributed by atoms with E-state index in [0.29, 0.717) is 18.8 Å². The van der Waals surface area contributed by atoms with Gasteiger partial charge in [0, 0.05) is 11.9 Å². The van der Waals surface area contributed by atoms with E-state index in [4.69, 9.17) is 4.74 Å². The first kappa shape index (κ1) is 16.7. The monoisotopic (exact) mass is 337 g/mol. The number of hydrogen-bond donors (Lipinski definition) is 2. The van der Waals surface area contributed by atoms with E-state index in [9.17, 15) is 9.90 Å². The quantitative estimate of drug-likeness (QED) is 0.673. The number of rotatable bonds is 6. The first-order chi connectivity index (χ1) is 12.2. The summed E-state index contributed by atoms with van der Waals surface area (Å²) >= 11 is 0. The van der Waals surface area contributed by atoms with Crippen LogP contribution < -0.4 is 5.32 Å². The summed E-state index contributed by atoms with van der Waals surface area (Å²) in [7, 11) is 1.38. The Hall–Kier alpha value is -3.15. The van der Waals surface area contributed by atoms with Crippen molar-refractivity contribution < 1.29 is 14.6 Å². The van der Waals surface area contributed by atoms with Crippen LogP contribution in [0.3, 0.4) is 0 Å². The van der Waals surface area contributed by atoms with Crippen molar-refractivity contribution in [1.29, 1.82) is 0 Å². The third kappa shape index (κ3) is 4.03. The molecule has 6 nitrogen and oxygen atoms in total. The van der Waals surface area contributed by atoms with Gasteiger partial charge in [0.15, 0.2) is 0 Å². The number of carbonyl (C=O) groups is 1. The number of aromatic hydroxyl groups is 1. The summed E-state index contributed by atoms with van der Waals surface area (Å²) in [4.78, 5) is 20.6. The molecule has 0 aliphatic carbocycles.